The molecule has 0 aliphatic carbocycles. The Morgan fingerprint density at radius 2 is 2.26 bits per heavy atom. The molecule has 19 heavy (non-hydrogen) atoms. The quantitative estimate of drug-likeness (QED) is 0.811. The van der Waals surface area contributed by atoms with Crippen molar-refractivity contribution in [3.05, 3.63) is 49.2 Å². The summed E-state index contributed by atoms with van der Waals surface area (Å²) in [6.45, 7) is 0. The molecule has 3 N–H and O–H groups in total. The Morgan fingerprint density at radius 3 is 2.79 bits per heavy atom. The van der Waals surface area contributed by atoms with Crippen LogP contribution in [0.1, 0.15) is 17.3 Å². The number of anilines is 1. The van der Waals surface area contributed by atoms with Gasteiger partial charge in [0.1, 0.15) is 5.82 Å². The van der Waals surface area contributed by atoms with Crippen molar-refractivity contribution in [3.8, 4) is 0 Å². The molecule has 0 aliphatic rings. The topological polar surface area (TPSA) is 94.0 Å². The largest absolute Gasteiger partial charge is 0.481 e. The van der Waals surface area contributed by atoms with Gasteiger partial charge in [-0.2, -0.15) is 0 Å². The van der Waals surface area contributed by atoms with Gasteiger partial charge >= 0.3 is 5.97 Å². The molecule has 97 valence electrons. The van der Waals surface area contributed by atoms with E-state index >= 15 is 0 Å². The number of pyridine rings is 1. The van der Waals surface area contributed by atoms with Crippen LogP contribution in [0.15, 0.2) is 30.7 Å². The summed E-state index contributed by atoms with van der Waals surface area (Å²) in [5, 5.41) is 9.24. The predicted molar refractivity (Wildman–Crippen MR) is 65.7 cm³/mol. The van der Waals surface area contributed by atoms with Crippen LogP contribution in [0.4, 0.5) is 5.82 Å². The van der Waals surface area contributed by atoms with Gasteiger partial charge < -0.3 is 20.4 Å². The second-order valence-electron chi connectivity index (χ2n) is 3.96. The van der Waals surface area contributed by atoms with E-state index in [0.29, 0.717) is 17.2 Å². The molecule has 2 heterocycles. The van der Waals surface area contributed by atoms with Crippen molar-refractivity contribution in [3.63, 3.8) is 0 Å². The van der Waals surface area contributed by atoms with E-state index < -0.39 is 11.9 Å². The molecule has 2 aromatic rings. The van der Waals surface area contributed by atoms with Crippen molar-refractivity contribution in [1.29, 1.82) is 0 Å². The molecule has 6 nitrogen and oxygen atoms in total. The molecule has 7 heteroatoms. The molecule has 1 atom stereocenters. The Balaban J connectivity index is 0.00000180. The van der Waals surface area contributed by atoms with Gasteiger partial charge in [0.05, 0.1) is 5.92 Å². The molecule has 0 saturated heterocycles. The predicted octanol–water partition coefficient (Wildman–Crippen LogP) is 0.908. The Labute approximate surface area is 135 Å². The number of hydrogen-bond acceptors (Lipinski definition) is 4. The Kier molecular flexibility index (Phi) is 5.50. The molecular formula is C12H13N4O2Y-. The number of carboxylic acid groups (broad SMARTS) is 1. The normalized spacial score (nSPS) is 11.6. The van der Waals surface area contributed by atoms with Crippen LogP contribution in [0.5, 0.6) is 0 Å². The molecule has 0 aliphatic heterocycles. The molecule has 0 spiro atoms. The van der Waals surface area contributed by atoms with Crippen LogP contribution >= 0.6 is 0 Å². The number of carboxylic acids is 1. The summed E-state index contributed by atoms with van der Waals surface area (Å²) < 4.78 is 1.47. The van der Waals surface area contributed by atoms with Crippen LogP contribution in [0.25, 0.3) is 0 Å². The number of hydrogen-bond donors (Lipinski definition) is 2. The first-order valence-electron chi connectivity index (χ1n) is 5.35. The third kappa shape index (κ3) is 4.04. The summed E-state index contributed by atoms with van der Waals surface area (Å²) >= 11 is 0. The average Bonchev–Trinajstić information content (AvgIpc) is 2.72. The van der Waals surface area contributed by atoms with E-state index in [2.05, 4.69) is 17.0 Å². The number of carbonyl (C=O) groups is 1. The van der Waals surface area contributed by atoms with Crippen LogP contribution in [-0.2, 0) is 43.9 Å². The van der Waals surface area contributed by atoms with Gasteiger partial charge in [-0.1, -0.05) is 12.3 Å². The smallest absolute Gasteiger partial charge is 0.311 e. The number of nitrogens with two attached hydrogens (primary N) is 1. The third-order valence-electron chi connectivity index (χ3n) is 2.55. The van der Waals surface area contributed by atoms with Gasteiger partial charge in [0.15, 0.2) is 0 Å². The second-order valence-corrected chi connectivity index (χ2v) is 3.96. The van der Waals surface area contributed by atoms with Crippen molar-refractivity contribution in [2.24, 2.45) is 0 Å². The fourth-order valence-electron chi connectivity index (χ4n) is 1.70. The molecule has 1 radical (unpaired) electrons. The second kappa shape index (κ2) is 6.68. The molecular weight excluding hydrogens is 321 g/mol. The Morgan fingerprint density at radius 1 is 1.53 bits per heavy atom. The zero-order chi connectivity index (χ0) is 13.1. The van der Waals surface area contributed by atoms with Crippen LogP contribution in [0, 0.1) is 7.05 Å². The number of aromatic nitrogens is 3. The summed E-state index contributed by atoms with van der Waals surface area (Å²) in [7, 11) is 3.63. The molecule has 2 aromatic heterocycles. The zero-order valence-corrected chi connectivity index (χ0v) is 13.1. The van der Waals surface area contributed by atoms with E-state index in [4.69, 9.17) is 5.73 Å². The Hall–Kier alpha value is -1.40. The zero-order valence-electron chi connectivity index (χ0n) is 10.2. The third-order valence-corrected chi connectivity index (χ3v) is 2.55. The van der Waals surface area contributed by atoms with Gasteiger partial charge in [-0.15, -0.1) is 7.05 Å². The first-order valence-corrected chi connectivity index (χ1v) is 5.35. The van der Waals surface area contributed by atoms with Crippen LogP contribution < -0.4 is 5.73 Å². The summed E-state index contributed by atoms with van der Waals surface area (Å²) in [5.74, 6) is -1.32. The monoisotopic (exact) mass is 334 g/mol. The minimum atomic E-state index is -0.946. The first-order chi connectivity index (χ1) is 8.56. The maximum atomic E-state index is 11.3. The van der Waals surface area contributed by atoms with Gasteiger partial charge in [0.25, 0.3) is 0 Å². The van der Waals surface area contributed by atoms with Crippen LogP contribution in [0.2, 0.25) is 0 Å². The number of imidazole rings is 1. The number of aliphatic carboxylic acids is 1. The van der Waals surface area contributed by atoms with Gasteiger partial charge in [-0.3, -0.25) is 4.79 Å². The molecule has 0 fully saturated rings. The minimum absolute atomic E-state index is 0. The van der Waals surface area contributed by atoms with Gasteiger partial charge in [-0.25, -0.2) is 4.98 Å². The maximum Gasteiger partial charge on any atom is 0.311 e. The summed E-state index contributed by atoms with van der Waals surface area (Å²) in [4.78, 5) is 19.4. The number of rotatable bonds is 4. The van der Waals surface area contributed by atoms with Gasteiger partial charge in [0, 0.05) is 50.5 Å². The minimum Gasteiger partial charge on any atom is -0.481 e. The number of nitrogen functional groups attached to an aromatic ring is 1. The van der Waals surface area contributed by atoms with E-state index in [0.717, 1.165) is 0 Å². The van der Waals surface area contributed by atoms with Crippen molar-refractivity contribution in [2.75, 3.05) is 5.73 Å². The molecule has 2 rings (SSSR count). The molecule has 0 amide bonds. The summed E-state index contributed by atoms with van der Waals surface area (Å²) in [6.07, 6.45) is 3.31. The molecule has 0 saturated carbocycles. The Bertz CT molecular complexity index is 570. The summed E-state index contributed by atoms with van der Waals surface area (Å²) in [5.41, 5.74) is 6.65. The fourth-order valence-corrected chi connectivity index (χ4v) is 1.70. The van der Waals surface area contributed by atoms with E-state index in [-0.39, 0.29) is 39.1 Å². The van der Waals surface area contributed by atoms with E-state index in [1.165, 1.54) is 10.9 Å². The molecule has 1 unspecified atom stereocenters. The van der Waals surface area contributed by atoms with Crippen molar-refractivity contribution < 1.29 is 42.6 Å². The number of nitrogens with zero attached hydrogens (tertiary/aromatic N) is 3. The fraction of sp³-hybridized carbons (Fsp3) is 0.167. The maximum absolute atomic E-state index is 11.3. The van der Waals surface area contributed by atoms with E-state index in [1.807, 2.05) is 0 Å². The van der Waals surface area contributed by atoms with Crippen molar-refractivity contribution >= 4 is 11.8 Å². The standard InChI is InChI=1S/C12H13N4O2.Y/c1-16-6-10(14-7-16)9(12(17)18)5-8-3-2-4-11(13)15-8;/h2-4,6-7,9H,1,5H2,(H2,13,15)(H,17,18);/q-1;. The van der Waals surface area contributed by atoms with Gasteiger partial charge in [-0.05, 0) is 18.5 Å². The average molecular weight is 334 g/mol. The van der Waals surface area contributed by atoms with Crippen molar-refractivity contribution in [2.45, 2.75) is 12.3 Å². The SMILES string of the molecule is [CH2-]n1cnc(C(Cc2cccc(N)n2)C(=O)O)c1.[Y]. The van der Waals surface area contributed by atoms with E-state index in [9.17, 15) is 9.90 Å². The van der Waals surface area contributed by atoms with E-state index in [1.54, 1.807) is 24.4 Å². The van der Waals surface area contributed by atoms with Crippen LogP contribution in [0.3, 0.4) is 0 Å². The van der Waals surface area contributed by atoms with Crippen LogP contribution in [-0.4, -0.2) is 25.6 Å². The van der Waals surface area contributed by atoms with Crippen molar-refractivity contribution in [1.82, 2.24) is 14.5 Å². The molecule has 0 bridgehead atoms. The molecule has 0 aromatic carbocycles. The summed E-state index contributed by atoms with van der Waals surface area (Å²) in [6, 6.07) is 5.15. The van der Waals surface area contributed by atoms with Gasteiger partial charge in [0.2, 0.25) is 0 Å². The first kappa shape index (κ1) is 15.7.